The minimum atomic E-state index is 0.890. The van der Waals surface area contributed by atoms with Crippen molar-refractivity contribution >= 4 is 11.8 Å². The van der Waals surface area contributed by atoms with Gasteiger partial charge in [0.25, 0.3) is 0 Å². The number of nitrogens with zero attached hydrogens (tertiary/aromatic N) is 1. The van der Waals surface area contributed by atoms with Gasteiger partial charge < -0.3 is 10.2 Å². The molecule has 2 aliphatic rings. The molecular formula is C13H26N2S. The molecular weight excluding hydrogens is 216 g/mol. The normalized spacial score (nSPS) is 25.1. The van der Waals surface area contributed by atoms with E-state index in [-0.39, 0.29) is 0 Å². The van der Waals surface area contributed by atoms with Crippen LogP contribution in [0.4, 0.5) is 0 Å². The molecule has 0 spiro atoms. The minimum absolute atomic E-state index is 0.890. The van der Waals surface area contributed by atoms with E-state index in [0.29, 0.717) is 0 Å². The van der Waals surface area contributed by atoms with Crippen molar-refractivity contribution < 1.29 is 0 Å². The maximum atomic E-state index is 3.46. The van der Waals surface area contributed by atoms with Crippen LogP contribution in [0.1, 0.15) is 32.6 Å². The Kier molecular flexibility index (Phi) is 5.46. The molecule has 2 nitrogen and oxygen atoms in total. The Bertz CT molecular complexity index is 186. The third-order valence-electron chi connectivity index (χ3n) is 4.06. The highest BCUT2D eigenvalue weighted by Crippen LogP contribution is 2.23. The predicted octanol–water partition coefficient (Wildman–Crippen LogP) is 2.20. The van der Waals surface area contributed by atoms with Crippen LogP contribution in [-0.4, -0.2) is 48.6 Å². The summed E-state index contributed by atoms with van der Waals surface area (Å²) in [7, 11) is 0. The van der Waals surface area contributed by atoms with Gasteiger partial charge in [-0.05, 0) is 62.7 Å². The summed E-state index contributed by atoms with van der Waals surface area (Å²) in [6, 6.07) is 0.890. The molecule has 0 atom stereocenters. The van der Waals surface area contributed by atoms with Crippen LogP contribution in [0.3, 0.4) is 0 Å². The van der Waals surface area contributed by atoms with E-state index in [2.05, 4.69) is 28.9 Å². The van der Waals surface area contributed by atoms with Crippen LogP contribution < -0.4 is 5.32 Å². The second-order valence-electron chi connectivity index (χ2n) is 5.12. The van der Waals surface area contributed by atoms with E-state index in [1.54, 1.807) is 0 Å². The lowest BCUT2D eigenvalue weighted by Gasteiger charge is -2.36. The van der Waals surface area contributed by atoms with E-state index in [1.165, 1.54) is 63.4 Å². The molecule has 0 unspecified atom stereocenters. The average Bonchev–Trinajstić information content (AvgIpc) is 2.38. The summed E-state index contributed by atoms with van der Waals surface area (Å²) in [4.78, 5) is 2.76. The summed E-state index contributed by atoms with van der Waals surface area (Å²) in [5.74, 6) is 3.72. The monoisotopic (exact) mass is 242 g/mol. The number of rotatable bonds is 4. The van der Waals surface area contributed by atoms with Crippen molar-refractivity contribution in [2.75, 3.05) is 37.7 Å². The second kappa shape index (κ2) is 6.87. The van der Waals surface area contributed by atoms with Crippen molar-refractivity contribution in [1.82, 2.24) is 10.2 Å². The van der Waals surface area contributed by atoms with Gasteiger partial charge in [-0.3, -0.25) is 0 Å². The standard InChI is InChI=1S/C13H26N2S/c1-2-15(13-5-9-16-10-6-13)11-12-3-7-14-8-4-12/h12-14H,2-11H2,1H3. The first kappa shape index (κ1) is 12.7. The first-order valence-electron chi connectivity index (χ1n) is 6.92. The Labute approximate surface area is 105 Å². The van der Waals surface area contributed by atoms with Crippen LogP contribution in [-0.2, 0) is 0 Å². The van der Waals surface area contributed by atoms with E-state index in [9.17, 15) is 0 Å². The number of nitrogens with one attached hydrogen (secondary N) is 1. The molecule has 1 N–H and O–H groups in total. The zero-order valence-electron chi connectivity index (χ0n) is 10.6. The lowest BCUT2D eigenvalue weighted by atomic mass is 9.96. The molecule has 0 aromatic heterocycles. The largest absolute Gasteiger partial charge is 0.317 e. The summed E-state index contributed by atoms with van der Waals surface area (Å²) in [6.07, 6.45) is 5.61. The SMILES string of the molecule is CCN(CC1CCNCC1)C1CCSCC1. The quantitative estimate of drug-likeness (QED) is 0.814. The van der Waals surface area contributed by atoms with Crippen molar-refractivity contribution in [2.45, 2.75) is 38.6 Å². The third-order valence-corrected chi connectivity index (χ3v) is 5.11. The maximum Gasteiger partial charge on any atom is 0.0111 e. The van der Waals surface area contributed by atoms with Crippen LogP contribution in [0.15, 0.2) is 0 Å². The Morgan fingerprint density at radius 3 is 2.44 bits per heavy atom. The number of thioether (sulfide) groups is 1. The van der Waals surface area contributed by atoms with Gasteiger partial charge in [-0.15, -0.1) is 0 Å². The first-order valence-corrected chi connectivity index (χ1v) is 8.08. The van der Waals surface area contributed by atoms with Gasteiger partial charge in [0, 0.05) is 12.6 Å². The van der Waals surface area contributed by atoms with Crippen LogP contribution in [0.2, 0.25) is 0 Å². The highest BCUT2D eigenvalue weighted by atomic mass is 32.2. The molecule has 2 saturated heterocycles. The molecule has 3 heteroatoms. The van der Waals surface area contributed by atoms with Crippen molar-refractivity contribution in [3.8, 4) is 0 Å². The molecule has 2 rings (SSSR count). The number of piperidine rings is 1. The topological polar surface area (TPSA) is 15.3 Å². The second-order valence-corrected chi connectivity index (χ2v) is 6.35. The van der Waals surface area contributed by atoms with Crippen molar-refractivity contribution in [2.24, 2.45) is 5.92 Å². The molecule has 0 radical (unpaired) electrons. The van der Waals surface area contributed by atoms with Crippen molar-refractivity contribution in [3.63, 3.8) is 0 Å². The fraction of sp³-hybridized carbons (Fsp3) is 1.00. The summed E-state index contributed by atoms with van der Waals surface area (Å²) in [5.41, 5.74) is 0. The smallest absolute Gasteiger partial charge is 0.0111 e. The summed E-state index contributed by atoms with van der Waals surface area (Å²) in [6.45, 7) is 7.42. The van der Waals surface area contributed by atoms with E-state index in [1.807, 2.05) is 0 Å². The van der Waals surface area contributed by atoms with Crippen molar-refractivity contribution in [1.29, 1.82) is 0 Å². The van der Waals surface area contributed by atoms with Gasteiger partial charge in [-0.2, -0.15) is 11.8 Å². The Balaban J connectivity index is 1.78. The van der Waals surface area contributed by atoms with Gasteiger partial charge in [-0.1, -0.05) is 6.92 Å². The molecule has 0 aliphatic carbocycles. The summed E-state index contributed by atoms with van der Waals surface area (Å²) in [5, 5.41) is 3.46. The van der Waals surface area contributed by atoms with Gasteiger partial charge in [0.2, 0.25) is 0 Å². The van der Waals surface area contributed by atoms with Crippen molar-refractivity contribution in [3.05, 3.63) is 0 Å². The van der Waals surface area contributed by atoms with E-state index < -0.39 is 0 Å². The molecule has 16 heavy (non-hydrogen) atoms. The van der Waals surface area contributed by atoms with E-state index in [0.717, 1.165) is 12.0 Å². The zero-order valence-corrected chi connectivity index (χ0v) is 11.4. The molecule has 2 fully saturated rings. The highest BCUT2D eigenvalue weighted by molar-refractivity contribution is 7.99. The van der Waals surface area contributed by atoms with E-state index >= 15 is 0 Å². The minimum Gasteiger partial charge on any atom is -0.317 e. The van der Waals surface area contributed by atoms with Crippen LogP contribution >= 0.6 is 11.8 Å². The van der Waals surface area contributed by atoms with Gasteiger partial charge in [-0.25, -0.2) is 0 Å². The fourth-order valence-corrected chi connectivity index (χ4v) is 4.06. The van der Waals surface area contributed by atoms with Gasteiger partial charge in [0.1, 0.15) is 0 Å². The Hall–Kier alpha value is 0.270. The summed E-state index contributed by atoms with van der Waals surface area (Å²) < 4.78 is 0. The molecule has 0 bridgehead atoms. The molecule has 2 heterocycles. The molecule has 0 amide bonds. The maximum absolute atomic E-state index is 3.46. The van der Waals surface area contributed by atoms with Gasteiger partial charge in [0.15, 0.2) is 0 Å². The lowest BCUT2D eigenvalue weighted by Crippen LogP contribution is -2.43. The van der Waals surface area contributed by atoms with E-state index in [4.69, 9.17) is 0 Å². The molecule has 94 valence electrons. The molecule has 0 aromatic carbocycles. The molecule has 0 aromatic rings. The van der Waals surface area contributed by atoms with Crippen LogP contribution in [0.5, 0.6) is 0 Å². The Morgan fingerprint density at radius 1 is 1.12 bits per heavy atom. The van der Waals surface area contributed by atoms with Crippen LogP contribution in [0, 0.1) is 5.92 Å². The lowest BCUT2D eigenvalue weighted by molar-refractivity contribution is 0.151. The molecule has 2 aliphatic heterocycles. The third kappa shape index (κ3) is 3.64. The molecule has 0 saturated carbocycles. The fourth-order valence-electron chi connectivity index (χ4n) is 2.98. The predicted molar refractivity (Wildman–Crippen MR) is 73.2 cm³/mol. The van der Waals surface area contributed by atoms with Gasteiger partial charge >= 0.3 is 0 Å². The number of hydrogen-bond acceptors (Lipinski definition) is 3. The summed E-state index contributed by atoms with van der Waals surface area (Å²) >= 11 is 2.14. The van der Waals surface area contributed by atoms with Crippen LogP contribution in [0.25, 0.3) is 0 Å². The highest BCUT2D eigenvalue weighted by Gasteiger charge is 2.23. The van der Waals surface area contributed by atoms with Gasteiger partial charge in [0.05, 0.1) is 0 Å². The Morgan fingerprint density at radius 2 is 1.81 bits per heavy atom. The first-order chi connectivity index (χ1) is 7.90. The average molecular weight is 242 g/mol. The number of hydrogen-bond donors (Lipinski definition) is 1. The zero-order chi connectivity index (χ0) is 11.2.